The quantitative estimate of drug-likeness (QED) is 0.315. The Labute approximate surface area is 204 Å². The number of fused-ring (bicyclic) bond motifs is 1. The molecule has 0 amide bonds. The molecule has 0 aliphatic heterocycles. The molecule has 0 spiro atoms. The van der Waals surface area contributed by atoms with Gasteiger partial charge in [0.25, 0.3) is 0 Å². The standard InChI is InChI=1S/C29H28N4O2/c1-4-9-26-31-28-19(2)14-22(24-17-32(3)18-30-24)15-25(28)33(26)16-21-12-8-13-23(27(21)29(34)35)20-10-6-5-7-11-20/h5-8,10-15,17-18H,4,9,16H2,1-3H3,(H,34,35). The number of aromatic carboxylic acids is 1. The summed E-state index contributed by atoms with van der Waals surface area (Å²) in [6.07, 6.45) is 5.56. The van der Waals surface area contributed by atoms with Crippen molar-refractivity contribution in [3.8, 4) is 22.4 Å². The lowest BCUT2D eigenvalue weighted by Gasteiger charge is -2.15. The fraction of sp³-hybridized carbons (Fsp3) is 0.207. The van der Waals surface area contributed by atoms with Crippen molar-refractivity contribution in [3.05, 3.63) is 95.7 Å². The predicted octanol–water partition coefficient (Wildman–Crippen LogP) is 6.11. The van der Waals surface area contributed by atoms with Gasteiger partial charge in [0, 0.05) is 25.2 Å². The molecule has 176 valence electrons. The summed E-state index contributed by atoms with van der Waals surface area (Å²) in [5.74, 6) is 0.0384. The van der Waals surface area contributed by atoms with Gasteiger partial charge in [-0.25, -0.2) is 14.8 Å². The van der Waals surface area contributed by atoms with Crippen molar-refractivity contribution in [2.24, 2.45) is 7.05 Å². The van der Waals surface area contributed by atoms with Crippen LogP contribution in [0.2, 0.25) is 0 Å². The van der Waals surface area contributed by atoms with Gasteiger partial charge in [0.1, 0.15) is 5.82 Å². The smallest absolute Gasteiger partial charge is 0.336 e. The van der Waals surface area contributed by atoms with Gasteiger partial charge in [0.2, 0.25) is 0 Å². The molecule has 0 bridgehead atoms. The maximum atomic E-state index is 12.5. The molecule has 0 saturated carbocycles. The van der Waals surface area contributed by atoms with Gasteiger partial charge in [-0.2, -0.15) is 0 Å². The normalized spacial score (nSPS) is 11.3. The highest BCUT2D eigenvalue weighted by Gasteiger charge is 2.20. The van der Waals surface area contributed by atoms with Crippen LogP contribution in [0.3, 0.4) is 0 Å². The number of rotatable bonds is 7. The number of carboxylic acid groups (broad SMARTS) is 1. The van der Waals surface area contributed by atoms with Crippen molar-refractivity contribution in [2.75, 3.05) is 0 Å². The van der Waals surface area contributed by atoms with Gasteiger partial charge in [0.05, 0.1) is 35.2 Å². The molecule has 2 heterocycles. The second-order valence-corrected chi connectivity index (χ2v) is 8.96. The van der Waals surface area contributed by atoms with Crippen LogP contribution in [0.15, 0.2) is 73.2 Å². The number of carboxylic acids is 1. The van der Waals surface area contributed by atoms with E-state index in [9.17, 15) is 9.90 Å². The van der Waals surface area contributed by atoms with Crippen molar-refractivity contribution in [2.45, 2.75) is 33.2 Å². The Bertz CT molecular complexity index is 1530. The number of hydrogen-bond acceptors (Lipinski definition) is 3. The van der Waals surface area contributed by atoms with Crippen molar-refractivity contribution >= 4 is 17.0 Å². The summed E-state index contributed by atoms with van der Waals surface area (Å²) in [5.41, 5.74) is 7.66. The van der Waals surface area contributed by atoms with Crippen LogP contribution in [0.1, 0.15) is 40.7 Å². The number of imidazole rings is 2. The van der Waals surface area contributed by atoms with E-state index < -0.39 is 5.97 Å². The predicted molar refractivity (Wildman–Crippen MR) is 139 cm³/mol. The zero-order valence-corrected chi connectivity index (χ0v) is 20.2. The molecule has 2 aromatic heterocycles. The number of aryl methyl sites for hydroxylation is 3. The van der Waals surface area contributed by atoms with Crippen molar-refractivity contribution in [1.29, 1.82) is 0 Å². The fourth-order valence-corrected chi connectivity index (χ4v) is 4.75. The summed E-state index contributed by atoms with van der Waals surface area (Å²) < 4.78 is 4.11. The van der Waals surface area contributed by atoms with E-state index in [1.54, 1.807) is 6.33 Å². The summed E-state index contributed by atoms with van der Waals surface area (Å²) >= 11 is 0. The Morgan fingerprint density at radius 2 is 1.83 bits per heavy atom. The fourth-order valence-electron chi connectivity index (χ4n) is 4.75. The largest absolute Gasteiger partial charge is 0.478 e. The summed E-state index contributed by atoms with van der Waals surface area (Å²) in [4.78, 5) is 22.0. The number of carbonyl (C=O) groups is 1. The molecule has 35 heavy (non-hydrogen) atoms. The van der Waals surface area contributed by atoms with Crippen LogP contribution in [0, 0.1) is 6.92 Å². The molecule has 1 N–H and O–H groups in total. The van der Waals surface area contributed by atoms with Crippen LogP contribution in [0.4, 0.5) is 0 Å². The molecule has 0 saturated heterocycles. The third-order valence-electron chi connectivity index (χ3n) is 6.38. The molecule has 6 heteroatoms. The van der Waals surface area contributed by atoms with E-state index in [-0.39, 0.29) is 0 Å². The maximum Gasteiger partial charge on any atom is 0.336 e. The molecule has 0 fully saturated rings. The monoisotopic (exact) mass is 464 g/mol. The van der Waals surface area contributed by atoms with Gasteiger partial charge in [-0.05, 0) is 47.7 Å². The molecule has 0 radical (unpaired) electrons. The van der Waals surface area contributed by atoms with Crippen LogP contribution < -0.4 is 0 Å². The average molecular weight is 465 g/mol. The Hall–Kier alpha value is -4.19. The van der Waals surface area contributed by atoms with Crippen LogP contribution in [0.5, 0.6) is 0 Å². The lowest BCUT2D eigenvalue weighted by molar-refractivity contribution is 0.0696. The third kappa shape index (κ3) is 4.23. The van der Waals surface area contributed by atoms with Gasteiger partial charge < -0.3 is 14.2 Å². The summed E-state index contributed by atoms with van der Waals surface area (Å²) in [5, 5.41) is 10.2. The number of nitrogens with zero attached hydrogens (tertiary/aromatic N) is 4. The summed E-state index contributed by atoms with van der Waals surface area (Å²) in [6, 6.07) is 19.7. The van der Waals surface area contributed by atoms with Gasteiger partial charge >= 0.3 is 5.97 Å². The Kier molecular flexibility index (Phi) is 5.95. The molecule has 0 atom stereocenters. The van der Waals surface area contributed by atoms with Crippen LogP contribution in [-0.4, -0.2) is 30.2 Å². The molecule has 0 aliphatic rings. The molecule has 0 unspecified atom stereocenters. The van der Waals surface area contributed by atoms with E-state index in [0.29, 0.717) is 12.1 Å². The van der Waals surface area contributed by atoms with E-state index >= 15 is 0 Å². The molecule has 3 aromatic carbocycles. The Morgan fingerprint density at radius 3 is 2.51 bits per heavy atom. The minimum absolute atomic E-state index is 0.334. The highest BCUT2D eigenvalue weighted by atomic mass is 16.4. The average Bonchev–Trinajstić information content (AvgIpc) is 3.44. The first kappa shape index (κ1) is 22.6. The zero-order valence-electron chi connectivity index (χ0n) is 20.2. The van der Waals surface area contributed by atoms with Crippen LogP contribution in [0.25, 0.3) is 33.4 Å². The topological polar surface area (TPSA) is 72.9 Å². The van der Waals surface area contributed by atoms with E-state index in [4.69, 9.17) is 4.98 Å². The van der Waals surface area contributed by atoms with Gasteiger partial charge in [-0.15, -0.1) is 0 Å². The lowest BCUT2D eigenvalue weighted by atomic mass is 9.95. The molecular weight excluding hydrogens is 436 g/mol. The maximum absolute atomic E-state index is 12.5. The van der Waals surface area contributed by atoms with Crippen LogP contribution >= 0.6 is 0 Å². The molecule has 5 aromatic rings. The first-order valence-electron chi connectivity index (χ1n) is 11.8. The van der Waals surface area contributed by atoms with E-state index in [1.807, 2.05) is 66.3 Å². The second kappa shape index (κ2) is 9.22. The minimum atomic E-state index is -0.925. The molecule has 0 aliphatic carbocycles. The highest BCUT2D eigenvalue weighted by Crippen LogP contribution is 2.31. The molecular formula is C29H28N4O2. The van der Waals surface area contributed by atoms with E-state index in [0.717, 1.165) is 63.2 Å². The SMILES string of the molecule is CCCc1nc2c(C)cc(-c3cn(C)cn3)cc2n1Cc1cccc(-c2ccccc2)c1C(=O)O. The first-order chi connectivity index (χ1) is 17.0. The minimum Gasteiger partial charge on any atom is -0.478 e. The highest BCUT2D eigenvalue weighted by molar-refractivity contribution is 5.97. The zero-order chi connectivity index (χ0) is 24.5. The Balaban J connectivity index is 1.69. The van der Waals surface area contributed by atoms with E-state index in [1.165, 1.54) is 0 Å². The lowest BCUT2D eigenvalue weighted by Crippen LogP contribution is -2.11. The van der Waals surface area contributed by atoms with E-state index in [2.05, 4.69) is 35.5 Å². The van der Waals surface area contributed by atoms with Crippen molar-refractivity contribution in [3.63, 3.8) is 0 Å². The number of benzene rings is 3. The van der Waals surface area contributed by atoms with Gasteiger partial charge in [-0.3, -0.25) is 0 Å². The van der Waals surface area contributed by atoms with Gasteiger partial charge in [0.15, 0.2) is 0 Å². The molecule has 6 nitrogen and oxygen atoms in total. The summed E-state index contributed by atoms with van der Waals surface area (Å²) in [6.45, 7) is 4.63. The van der Waals surface area contributed by atoms with Crippen molar-refractivity contribution < 1.29 is 9.90 Å². The van der Waals surface area contributed by atoms with Gasteiger partial charge in [-0.1, -0.05) is 55.5 Å². The number of aromatic nitrogens is 4. The first-order valence-corrected chi connectivity index (χ1v) is 11.8. The van der Waals surface area contributed by atoms with Crippen LogP contribution in [-0.2, 0) is 20.0 Å². The second-order valence-electron chi connectivity index (χ2n) is 8.96. The van der Waals surface area contributed by atoms with Crippen molar-refractivity contribution in [1.82, 2.24) is 19.1 Å². The molecule has 5 rings (SSSR count). The third-order valence-corrected chi connectivity index (χ3v) is 6.38. The number of hydrogen-bond donors (Lipinski definition) is 1. The Morgan fingerprint density at radius 1 is 1.03 bits per heavy atom. The summed E-state index contributed by atoms with van der Waals surface area (Å²) in [7, 11) is 1.96.